The van der Waals surface area contributed by atoms with Crippen molar-refractivity contribution in [3.8, 4) is 0 Å². The van der Waals surface area contributed by atoms with E-state index in [4.69, 9.17) is 4.74 Å². The van der Waals surface area contributed by atoms with Crippen LogP contribution in [0.15, 0.2) is 24.4 Å². The average Bonchev–Trinajstić information content (AvgIpc) is 2.34. The zero-order valence-corrected chi connectivity index (χ0v) is 10.7. The predicted molar refractivity (Wildman–Crippen MR) is 66.4 cm³/mol. The van der Waals surface area contributed by atoms with Gasteiger partial charge in [0.05, 0.1) is 18.3 Å². The van der Waals surface area contributed by atoms with Crippen molar-refractivity contribution in [2.24, 2.45) is 0 Å². The van der Waals surface area contributed by atoms with Gasteiger partial charge in [0.15, 0.2) is 0 Å². The third-order valence-electron chi connectivity index (χ3n) is 2.35. The summed E-state index contributed by atoms with van der Waals surface area (Å²) in [7, 11) is 0. The minimum absolute atomic E-state index is 0.00635. The number of carbonyl (C=O) groups is 1. The molecule has 0 saturated heterocycles. The van der Waals surface area contributed by atoms with Crippen LogP contribution in [0.3, 0.4) is 0 Å². The maximum atomic E-state index is 11.9. The smallest absolute Gasteiger partial charge is 0.248 e. The molecule has 17 heavy (non-hydrogen) atoms. The van der Waals surface area contributed by atoms with Gasteiger partial charge >= 0.3 is 0 Å². The van der Waals surface area contributed by atoms with E-state index in [2.05, 4.69) is 4.98 Å². The van der Waals surface area contributed by atoms with Gasteiger partial charge in [-0.25, -0.2) is 0 Å². The van der Waals surface area contributed by atoms with Crippen molar-refractivity contribution in [3.05, 3.63) is 30.1 Å². The van der Waals surface area contributed by atoms with Crippen LogP contribution in [0.25, 0.3) is 0 Å². The Morgan fingerprint density at radius 3 is 2.76 bits per heavy atom. The molecule has 0 aliphatic carbocycles. The molecule has 0 fully saturated rings. The lowest BCUT2D eigenvalue weighted by molar-refractivity contribution is -0.138. The molecule has 0 unspecified atom stereocenters. The van der Waals surface area contributed by atoms with E-state index in [0.29, 0.717) is 13.1 Å². The van der Waals surface area contributed by atoms with Gasteiger partial charge < -0.3 is 9.64 Å². The van der Waals surface area contributed by atoms with Crippen LogP contribution in [-0.4, -0.2) is 35.0 Å². The highest BCUT2D eigenvalue weighted by Gasteiger charge is 2.13. The van der Waals surface area contributed by atoms with Crippen LogP contribution in [0.2, 0.25) is 0 Å². The highest BCUT2D eigenvalue weighted by atomic mass is 16.5. The zero-order chi connectivity index (χ0) is 12.7. The summed E-state index contributed by atoms with van der Waals surface area (Å²) >= 11 is 0. The van der Waals surface area contributed by atoms with Gasteiger partial charge in [-0.05, 0) is 32.9 Å². The molecule has 1 rings (SSSR count). The SMILES string of the molecule is CCN(Cc1ccccn1)C(=O)COC(C)C. The van der Waals surface area contributed by atoms with Crippen molar-refractivity contribution >= 4 is 5.91 Å². The van der Waals surface area contributed by atoms with Crippen molar-refractivity contribution in [3.63, 3.8) is 0 Å². The first-order valence-corrected chi connectivity index (χ1v) is 5.92. The lowest BCUT2D eigenvalue weighted by atomic mass is 10.3. The van der Waals surface area contributed by atoms with Gasteiger partial charge in [0.1, 0.15) is 6.61 Å². The molecule has 0 saturated carbocycles. The molecule has 0 atom stereocenters. The van der Waals surface area contributed by atoms with E-state index in [1.165, 1.54) is 0 Å². The Balaban J connectivity index is 2.51. The molecule has 4 heteroatoms. The zero-order valence-electron chi connectivity index (χ0n) is 10.7. The summed E-state index contributed by atoms with van der Waals surface area (Å²) in [5.41, 5.74) is 0.896. The number of rotatable bonds is 6. The first-order valence-electron chi connectivity index (χ1n) is 5.92. The Labute approximate surface area is 103 Å². The molecule has 0 N–H and O–H groups in total. The van der Waals surface area contributed by atoms with Crippen molar-refractivity contribution < 1.29 is 9.53 Å². The highest BCUT2D eigenvalue weighted by molar-refractivity contribution is 5.77. The number of nitrogens with zero attached hydrogens (tertiary/aromatic N) is 2. The number of carbonyl (C=O) groups excluding carboxylic acids is 1. The van der Waals surface area contributed by atoms with Crippen molar-refractivity contribution in [1.82, 2.24) is 9.88 Å². The predicted octanol–water partition coefficient (Wildman–Crippen LogP) is 1.86. The van der Waals surface area contributed by atoms with Crippen LogP contribution >= 0.6 is 0 Å². The van der Waals surface area contributed by atoms with E-state index in [1.807, 2.05) is 39.0 Å². The molecule has 1 heterocycles. The topological polar surface area (TPSA) is 42.4 Å². The molecule has 0 bridgehead atoms. The summed E-state index contributed by atoms with van der Waals surface area (Å²) in [4.78, 5) is 17.8. The van der Waals surface area contributed by atoms with Crippen molar-refractivity contribution in [2.45, 2.75) is 33.4 Å². The first kappa shape index (κ1) is 13.6. The number of pyridine rings is 1. The second kappa shape index (κ2) is 7.01. The molecule has 4 nitrogen and oxygen atoms in total. The Kier molecular flexibility index (Phi) is 5.63. The van der Waals surface area contributed by atoms with E-state index in [1.54, 1.807) is 11.1 Å². The van der Waals surface area contributed by atoms with Gasteiger partial charge in [0, 0.05) is 12.7 Å². The molecule has 0 aromatic carbocycles. The van der Waals surface area contributed by atoms with Gasteiger partial charge in [0.25, 0.3) is 0 Å². The molecule has 1 amide bonds. The lowest BCUT2D eigenvalue weighted by Gasteiger charge is -2.21. The number of amides is 1. The standard InChI is InChI=1S/C13H20N2O2/c1-4-15(13(16)10-17-11(2)3)9-12-7-5-6-8-14-12/h5-8,11H,4,9-10H2,1-3H3. The lowest BCUT2D eigenvalue weighted by Crippen LogP contribution is -2.34. The van der Waals surface area contributed by atoms with Crippen LogP contribution in [0.5, 0.6) is 0 Å². The molecule has 0 spiro atoms. The number of likely N-dealkylation sites (N-methyl/N-ethyl adjacent to an activating group) is 1. The van der Waals surface area contributed by atoms with Gasteiger partial charge in [0.2, 0.25) is 5.91 Å². The summed E-state index contributed by atoms with van der Waals surface area (Å²) in [5.74, 6) is 0.00635. The Bertz CT molecular complexity index is 339. The number of aromatic nitrogens is 1. The van der Waals surface area contributed by atoms with Crippen LogP contribution in [0.1, 0.15) is 26.5 Å². The van der Waals surface area contributed by atoms with Crippen molar-refractivity contribution in [2.75, 3.05) is 13.2 Å². The third kappa shape index (κ3) is 4.95. The van der Waals surface area contributed by atoms with Crippen LogP contribution in [0.4, 0.5) is 0 Å². The summed E-state index contributed by atoms with van der Waals surface area (Å²) in [6, 6.07) is 5.70. The highest BCUT2D eigenvalue weighted by Crippen LogP contribution is 2.02. The molecule has 1 aromatic heterocycles. The minimum Gasteiger partial charge on any atom is -0.369 e. The van der Waals surface area contributed by atoms with E-state index in [9.17, 15) is 4.79 Å². The Hall–Kier alpha value is -1.42. The molecular weight excluding hydrogens is 216 g/mol. The monoisotopic (exact) mass is 236 g/mol. The van der Waals surface area contributed by atoms with Crippen LogP contribution < -0.4 is 0 Å². The second-order valence-electron chi connectivity index (χ2n) is 4.09. The number of hydrogen-bond donors (Lipinski definition) is 0. The van der Waals surface area contributed by atoms with Gasteiger partial charge in [-0.2, -0.15) is 0 Å². The minimum atomic E-state index is 0.00635. The maximum Gasteiger partial charge on any atom is 0.248 e. The van der Waals surface area contributed by atoms with Gasteiger partial charge in [-0.15, -0.1) is 0 Å². The summed E-state index contributed by atoms with van der Waals surface area (Å²) in [6.07, 6.45) is 1.81. The van der Waals surface area contributed by atoms with E-state index in [-0.39, 0.29) is 18.6 Å². The molecule has 0 radical (unpaired) electrons. The Morgan fingerprint density at radius 1 is 1.47 bits per heavy atom. The number of ether oxygens (including phenoxy) is 1. The first-order chi connectivity index (χ1) is 8.13. The maximum absolute atomic E-state index is 11.9. The summed E-state index contributed by atoms with van der Waals surface area (Å²) in [6.45, 7) is 7.13. The van der Waals surface area contributed by atoms with E-state index >= 15 is 0 Å². The van der Waals surface area contributed by atoms with Crippen molar-refractivity contribution in [1.29, 1.82) is 0 Å². The molecule has 0 aliphatic heterocycles. The van der Waals surface area contributed by atoms with Crippen LogP contribution in [0, 0.1) is 0 Å². The fourth-order valence-electron chi connectivity index (χ4n) is 1.39. The normalized spacial score (nSPS) is 10.6. The number of hydrogen-bond acceptors (Lipinski definition) is 3. The fourth-order valence-corrected chi connectivity index (χ4v) is 1.39. The van der Waals surface area contributed by atoms with E-state index < -0.39 is 0 Å². The van der Waals surface area contributed by atoms with E-state index in [0.717, 1.165) is 5.69 Å². The Morgan fingerprint density at radius 2 is 2.24 bits per heavy atom. The largest absolute Gasteiger partial charge is 0.369 e. The van der Waals surface area contributed by atoms with Crippen LogP contribution in [-0.2, 0) is 16.1 Å². The fraction of sp³-hybridized carbons (Fsp3) is 0.538. The quantitative estimate of drug-likeness (QED) is 0.757. The molecule has 0 aliphatic rings. The molecule has 1 aromatic rings. The van der Waals surface area contributed by atoms with Gasteiger partial charge in [-0.1, -0.05) is 6.07 Å². The summed E-state index contributed by atoms with van der Waals surface area (Å²) < 4.78 is 5.31. The molecular formula is C13H20N2O2. The molecule has 94 valence electrons. The second-order valence-corrected chi connectivity index (χ2v) is 4.09. The third-order valence-corrected chi connectivity index (χ3v) is 2.35. The average molecular weight is 236 g/mol. The van der Waals surface area contributed by atoms with Gasteiger partial charge in [-0.3, -0.25) is 9.78 Å². The summed E-state index contributed by atoms with van der Waals surface area (Å²) in [5, 5.41) is 0.